The lowest BCUT2D eigenvalue weighted by Gasteiger charge is -2.41. The van der Waals surface area contributed by atoms with Crippen molar-refractivity contribution in [1.82, 2.24) is 0 Å². The minimum atomic E-state index is -1.66. The van der Waals surface area contributed by atoms with E-state index in [9.17, 15) is 0 Å². The summed E-state index contributed by atoms with van der Waals surface area (Å²) in [7, 11) is -3.32. The Hall–Kier alpha value is -4.38. The molecule has 1 spiro atoms. The molecule has 0 aromatic heterocycles. The van der Waals surface area contributed by atoms with E-state index >= 15 is 0 Å². The van der Waals surface area contributed by atoms with Crippen LogP contribution in [0.4, 0.5) is 0 Å². The van der Waals surface area contributed by atoms with E-state index in [0.717, 1.165) is 33.8 Å². The van der Waals surface area contributed by atoms with Gasteiger partial charge in [-0.15, -0.1) is 0 Å². The molecule has 6 aromatic rings. The van der Waals surface area contributed by atoms with Gasteiger partial charge in [-0.2, -0.15) is 0 Å². The first-order valence-electron chi connectivity index (χ1n) is 21.2. The van der Waals surface area contributed by atoms with Crippen LogP contribution in [0.25, 0.3) is 0 Å². The van der Waals surface area contributed by atoms with Crippen LogP contribution in [-0.2, 0) is 39.8 Å². The fourth-order valence-corrected chi connectivity index (χ4v) is 10.6. The zero-order chi connectivity index (χ0) is 42.9. The van der Waals surface area contributed by atoms with Crippen LogP contribution in [0.15, 0.2) is 158 Å². The Morgan fingerprint density at radius 2 is 0.574 bits per heavy atom. The van der Waals surface area contributed by atoms with E-state index in [1.807, 2.05) is 0 Å². The molecular weight excluding hydrogens is 795 g/mol. The number of benzene rings is 6. The third-order valence-corrected chi connectivity index (χ3v) is 15.0. The van der Waals surface area contributed by atoms with E-state index in [2.05, 4.69) is 213 Å². The molecule has 8 heteroatoms. The van der Waals surface area contributed by atoms with Crippen molar-refractivity contribution in [1.29, 1.82) is 0 Å². The van der Waals surface area contributed by atoms with Gasteiger partial charge in [0.2, 0.25) is 0 Å². The van der Waals surface area contributed by atoms with Crippen LogP contribution in [0.3, 0.4) is 0 Å². The Balaban J connectivity index is 0.970. The van der Waals surface area contributed by atoms with Gasteiger partial charge < -0.3 is 27.1 Å². The predicted octanol–water partition coefficient (Wildman–Crippen LogP) is 14.0. The van der Waals surface area contributed by atoms with E-state index in [0.29, 0.717) is 26.4 Å². The maximum absolute atomic E-state index is 6.59. The van der Waals surface area contributed by atoms with Crippen LogP contribution in [-0.4, -0.2) is 26.4 Å². The first-order valence-corrected chi connectivity index (χ1v) is 23.4. The van der Waals surface area contributed by atoms with Crippen LogP contribution >= 0.6 is 17.2 Å². The number of hydrogen-bond donors (Lipinski definition) is 0. The van der Waals surface area contributed by atoms with E-state index in [-0.39, 0.29) is 21.7 Å². The summed E-state index contributed by atoms with van der Waals surface area (Å²) >= 11 is 0. The van der Waals surface area contributed by atoms with E-state index < -0.39 is 22.6 Å². The lowest BCUT2D eigenvalue weighted by molar-refractivity contribution is -0.0673. The summed E-state index contributed by atoms with van der Waals surface area (Å²) in [4.78, 5) is 0. The Morgan fingerprint density at radius 1 is 0.344 bits per heavy atom. The number of hydrogen-bond acceptors (Lipinski definition) is 6. The van der Waals surface area contributed by atoms with E-state index in [1.54, 1.807) is 0 Å². The molecule has 0 aliphatic carbocycles. The van der Waals surface area contributed by atoms with Gasteiger partial charge in [-0.25, -0.2) is 0 Å². The summed E-state index contributed by atoms with van der Waals surface area (Å²) in [6.45, 7) is 19.6. The highest BCUT2D eigenvalue weighted by Gasteiger charge is 2.45. The monoisotopic (exact) mass is 852 g/mol. The molecule has 0 atom stereocenters. The highest BCUT2D eigenvalue weighted by Crippen LogP contribution is 2.54. The molecule has 0 amide bonds. The first-order chi connectivity index (χ1) is 29.2. The lowest BCUT2D eigenvalue weighted by Crippen LogP contribution is -2.45. The summed E-state index contributed by atoms with van der Waals surface area (Å²) in [5.41, 5.74) is 7.99. The zero-order valence-corrected chi connectivity index (χ0v) is 38.5. The summed E-state index contributed by atoms with van der Waals surface area (Å²) in [5, 5.41) is 0. The summed E-state index contributed by atoms with van der Waals surface area (Å²) in [6.07, 6.45) is 0. The Morgan fingerprint density at radius 3 is 0.803 bits per heavy atom. The normalized spacial score (nSPS) is 20.0. The average Bonchev–Trinajstić information content (AvgIpc) is 3.29. The third-order valence-electron chi connectivity index (χ3n) is 12.9. The molecule has 2 aliphatic heterocycles. The molecule has 2 heterocycles. The van der Waals surface area contributed by atoms with Gasteiger partial charge in [-0.1, -0.05) is 189 Å². The van der Waals surface area contributed by atoms with Gasteiger partial charge in [0, 0.05) is 21.7 Å². The topological polar surface area (TPSA) is 55.4 Å². The molecule has 2 aliphatic rings. The molecular formula is C53H58O6P2. The van der Waals surface area contributed by atoms with Crippen LogP contribution in [0.2, 0.25) is 0 Å². The summed E-state index contributed by atoms with van der Waals surface area (Å²) in [6, 6.07) is 55.7. The molecule has 2 saturated heterocycles. The van der Waals surface area contributed by atoms with Crippen molar-refractivity contribution in [2.45, 2.75) is 77.0 Å². The molecule has 6 nitrogen and oxygen atoms in total. The van der Waals surface area contributed by atoms with Gasteiger partial charge >= 0.3 is 17.2 Å². The molecule has 0 bridgehead atoms. The van der Waals surface area contributed by atoms with Crippen molar-refractivity contribution in [2.24, 2.45) is 5.41 Å². The van der Waals surface area contributed by atoms with Gasteiger partial charge in [-0.3, -0.25) is 0 Å². The van der Waals surface area contributed by atoms with Gasteiger partial charge in [0.25, 0.3) is 0 Å². The molecule has 0 radical (unpaired) electrons. The minimum absolute atomic E-state index is 0.274. The van der Waals surface area contributed by atoms with E-state index in [1.165, 1.54) is 22.3 Å². The third kappa shape index (κ3) is 9.23. The average molecular weight is 853 g/mol. The smallest absolute Gasteiger partial charge is 0.397 e. The second kappa shape index (κ2) is 17.4. The van der Waals surface area contributed by atoms with Crippen molar-refractivity contribution in [3.63, 3.8) is 0 Å². The highest BCUT2D eigenvalue weighted by molar-refractivity contribution is 7.42. The van der Waals surface area contributed by atoms with Crippen molar-refractivity contribution in [3.05, 3.63) is 202 Å². The van der Waals surface area contributed by atoms with Crippen LogP contribution in [0.1, 0.15) is 99.9 Å². The minimum Gasteiger partial charge on any atom is -0.427 e. The van der Waals surface area contributed by atoms with E-state index in [4.69, 9.17) is 27.1 Å². The first kappa shape index (κ1) is 43.3. The molecule has 0 unspecified atom stereocenters. The van der Waals surface area contributed by atoms with Crippen LogP contribution in [0, 0.1) is 5.41 Å². The van der Waals surface area contributed by atoms with Crippen molar-refractivity contribution < 1.29 is 27.1 Å². The zero-order valence-electron chi connectivity index (χ0n) is 36.7. The maximum atomic E-state index is 6.59. The lowest BCUT2D eigenvalue weighted by atomic mass is 9.73. The van der Waals surface area contributed by atoms with Gasteiger partial charge in [0.05, 0.1) is 31.8 Å². The van der Waals surface area contributed by atoms with Crippen LogP contribution in [0.5, 0.6) is 11.5 Å². The molecule has 2 fully saturated rings. The maximum Gasteiger partial charge on any atom is 0.397 e. The fourth-order valence-electron chi connectivity index (χ4n) is 8.19. The van der Waals surface area contributed by atoms with Gasteiger partial charge in [0.15, 0.2) is 0 Å². The fraction of sp³-hybridized carbons (Fsp3) is 0.321. The predicted molar refractivity (Wildman–Crippen MR) is 249 cm³/mol. The van der Waals surface area contributed by atoms with Gasteiger partial charge in [0.1, 0.15) is 11.5 Å². The second-order valence-electron chi connectivity index (χ2n) is 18.7. The Bertz CT molecular complexity index is 2070. The Kier molecular flexibility index (Phi) is 12.4. The second-order valence-corrected chi connectivity index (χ2v) is 21.0. The van der Waals surface area contributed by atoms with Crippen molar-refractivity contribution in [3.8, 4) is 11.5 Å². The quantitative estimate of drug-likeness (QED) is 0.114. The Labute approximate surface area is 365 Å². The molecule has 8 rings (SSSR count). The molecule has 61 heavy (non-hydrogen) atoms. The largest absolute Gasteiger partial charge is 0.427 e. The standard InChI is InChI=1S/C53H58O6P2/c1-49(2,39-21-13-9-14-22-39)43-29-44(50(3,4)40-23-15-10-16-24-40)32-47(31-43)58-60-54-35-53(36-55-60)37-56-61(57-38-53)59-48-33-45(51(5,6)41-25-17-11-18-26-41)30-46(34-48)52(7,8)42-27-19-12-20-28-42/h9-34H,35-38H2,1-8H3. The molecule has 0 N–H and O–H groups in total. The molecule has 316 valence electrons. The van der Waals surface area contributed by atoms with Gasteiger partial charge in [-0.05, 0) is 68.8 Å². The number of rotatable bonds is 12. The summed E-state index contributed by atoms with van der Waals surface area (Å²) < 4.78 is 38.6. The van der Waals surface area contributed by atoms with Crippen LogP contribution < -0.4 is 9.05 Å². The highest BCUT2D eigenvalue weighted by atomic mass is 31.2. The molecule has 6 aromatic carbocycles. The summed E-state index contributed by atoms with van der Waals surface area (Å²) in [5.74, 6) is 1.45. The van der Waals surface area contributed by atoms with Crippen molar-refractivity contribution in [2.75, 3.05) is 26.4 Å². The van der Waals surface area contributed by atoms with Crippen molar-refractivity contribution >= 4 is 17.2 Å². The molecule has 0 saturated carbocycles. The SMILES string of the molecule is CC(C)(c1ccccc1)c1cc(OP2OCC3(CO2)COP(Oc2cc(C(C)(C)c4ccccc4)cc(C(C)(C)c4ccccc4)c2)OC3)cc(C(C)(C)c2ccccc2)c1.